The Morgan fingerprint density at radius 3 is 2.50 bits per heavy atom. The standard InChI is InChI=1S/C11H20N2O/c1-8(2)12-5-10-6-13(9(3)4)7-11(10)14/h5,8-10H,6-7H2,1-4H3/b12-5+. The van der Waals surface area contributed by atoms with Crippen molar-refractivity contribution in [2.75, 3.05) is 13.1 Å². The average molecular weight is 196 g/mol. The maximum absolute atomic E-state index is 11.6. The lowest BCUT2D eigenvalue weighted by atomic mass is 10.1. The molecule has 1 heterocycles. The topological polar surface area (TPSA) is 32.7 Å². The fraction of sp³-hybridized carbons (Fsp3) is 0.818. The third-order valence-electron chi connectivity index (χ3n) is 2.50. The fourth-order valence-electron chi connectivity index (χ4n) is 1.54. The molecule has 1 fully saturated rings. The third-order valence-corrected chi connectivity index (χ3v) is 2.50. The second-order valence-electron chi connectivity index (χ2n) is 4.49. The van der Waals surface area contributed by atoms with Gasteiger partial charge in [0, 0.05) is 24.8 Å². The molecule has 0 amide bonds. The van der Waals surface area contributed by atoms with Crippen molar-refractivity contribution in [3.63, 3.8) is 0 Å². The molecule has 14 heavy (non-hydrogen) atoms. The van der Waals surface area contributed by atoms with Crippen LogP contribution in [0.15, 0.2) is 4.99 Å². The van der Waals surface area contributed by atoms with E-state index >= 15 is 0 Å². The first-order valence-electron chi connectivity index (χ1n) is 5.30. The van der Waals surface area contributed by atoms with Crippen molar-refractivity contribution in [2.24, 2.45) is 10.9 Å². The Hall–Kier alpha value is -0.700. The van der Waals surface area contributed by atoms with Crippen LogP contribution >= 0.6 is 0 Å². The Balaban J connectivity index is 2.53. The molecule has 80 valence electrons. The van der Waals surface area contributed by atoms with E-state index in [2.05, 4.69) is 23.7 Å². The summed E-state index contributed by atoms with van der Waals surface area (Å²) in [5, 5.41) is 0. The van der Waals surface area contributed by atoms with E-state index in [1.807, 2.05) is 20.1 Å². The Labute approximate surface area is 86.2 Å². The molecule has 0 saturated carbocycles. The van der Waals surface area contributed by atoms with E-state index in [1.165, 1.54) is 0 Å². The smallest absolute Gasteiger partial charge is 0.156 e. The zero-order valence-corrected chi connectivity index (χ0v) is 9.53. The highest BCUT2D eigenvalue weighted by Gasteiger charge is 2.30. The van der Waals surface area contributed by atoms with Crippen LogP contribution in [0.1, 0.15) is 27.7 Å². The molecule has 1 atom stereocenters. The number of hydrogen-bond donors (Lipinski definition) is 0. The van der Waals surface area contributed by atoms with Crippen LogP contribution in [0, 0.1) is 5.92 Å². The van der Waals surface area contributed by atoms with Crippen LogP contribution < -0.4 is 0 Å². The van der Waals surface area contributed by atoms with Crippen LogP contribution in [0.3, 0.4) is 0 Å². The van der Waals surface area contributed by atoms with Gasteiger partial charge in [0.1, 0.15) is 0 Å². The van der Waals surface area contributed by atoms with E-state index in [-0.39, 0.29) is 12.0 Å². The predicted molar refractivity (Wildman–Crippen MR) is 58.8 cm³/mol. The highest BCUT2D eigenvalue weighted by Crippen LogP contribution is 2.13. The van der Waals surface area contributed by atoms with Crippen LogP contribution in [0.4, 0.5) is 0 Å². The van der Waals surface area contributed by atoms with Crippen molar-refractivity contribution in [3.05, 3.63) is 0 Å². The van der Waals surface area contributed by atoms with Crippen LogP contribution in [0.5, 0.6) is 0 Å². The van der Waals surface area contributed by atoms with Crippen LogP contribution in [-0.4, -0.2) is 42.1 Å². The van der Waals surface area contributed by atoms with Crippen LogP contribution in [0.25, 0.3) is 0 Å². The maximum Gasteiger partial charge on any atom is 0.156 e. The monoisotopic (exact) mass is 196 g/mol. The molecule has 0 aromatic carbocycles. The van der Waals surface area contributed by atoms with E-state index in [1.54, 1.807) is 0 Å². The normalized spacial score (nSPS) is 24.7. The molecule has 0 radical (unpaired) electrons. The first kappa shape index (κ1) is 11.4. The van der Waals surface area contributed by atoms with Crippen molar-refractivity contribution in [1.82, 2.24) is 4.90 Å². The van der Waals surface area contributed by atoms with Crippen molar-refractivity contribution in [2.45, 2.75) is 39.8 Å². The van der Waals surface area contributed by atoms with E-state index in [9.17, 15) is 4.79 Å². The van der Waals surface area contributed by atoms with Crippen molar-refractivity contribution in [3.8, 4) is 0 Å². The van der Waals surface area contributed by atoms with Gasteiger partial charge < -0.3 is 0 Å². The van der Waals surface area contributed by atoms with Gasteiger partial charge in [-0.3, -0.25) is 14.7 Å². The maximum atomic E-state index is 11.6. The molecule has 0 aromatic heterocycles. The SMILES string of the molecule is CC(C)/N=C/C1CN(C(C)C)CC1=O. The molecule has 1 unspecified atom stereocenters. The van der Waals surface area contributed by atoms with Gasteiger partial charge in [-0.25, -0.2) is 0 Å². The van der Waals surface area contributed by atoms with Crippen molar-refractivity contribution >= 4 is 12.0 Å². The second-order valence-corrected chi connectivity index (χ2v) is 4.49. The van der Waals surface area contributed by atoms with E-state index < -0.39 is 0 Å². The van der Waals surface area contributed by atoms with Gasteiger partial charge in [0.2, 0.25) is 0 Å². The van der Waals surface area contributed by atoms with Gasteiger partial charge in [0.25, 0.3) is 0 Å². The van der Waals surface area contributed by atoms with Crippen molar-refractivity contribution < 1.29 is 4.79 Å². The molecular weight excluding hydrogens is 176 g/mol. The molecule has 0 spiro atoms. The molecule has 0 N–H and O–H groups in total. The quantitative estimate of drug-likeness (QED) is 0.639. The summed E-state index contributed by atoms with van der Waals surface area (Å²) in [6.45, 7) is 9.72. The minimum absolute atomic E-state index is 0.0276. The number of likely N-dealkylation sites (tertiary alicyclic amines) is 1. The Kier molecular flexibility index (Phi) is 3.81. The van der Waals surface area contributed by atoms with Gasteiger partial charge in [-0.05, 0) is 27.7 Å². The Morgan fingerprint density at radius 1 is 1.43 bits per heavy atom. The highest BCUT2D eigenvalue weighted by atomic mass is 16.1. The number of Topliss-reactive ketones (excluding diaryl/α,β-unsaturated/α-hetero) is 1. The number of carbonyl (C=O) groups is 1. The molecule has 1 aliphatic heterocycles. The third kappa shape index (κ3) is 2.91. The summed E-state index contributed by atoms with van der Waals surface area (Å²) in [6.07, 6.45) is 1.83. The summed E-state index contributed by atoms with van der Waals surface area (Å²) in [5.74, 6) is 0.336. The molecule has 1 saturated heterocycles. The summed E-state index contributed by atoms with van der Waals surface area (Å²) in [4.78, 5) is 18.0. The Bertz CT molecular complexity index is 233. The van der Waals surface area contributed by atoms with E-state index in [4.69, 9.17) is 0 Å². The van der Waals surface area contributed by atoms with Gasteiger partial charge in [0.15, 0.2) is 5.78 Å². The van der Waals surface area contributed by atoms with Gasteiger partial charge >= 0.3 is 0 Å². The lowest BCUT2D eigenvalue weighted by Gasteiger charge is -2.18. The van der Waals surface area contributed by atoms with Crippen molar-refractivity contribution in [1.29, 1.82) is 0 Å². The largest absolute Gasteiger partial charge is 0.297 e. The number of ketones is 1. The summed E-state index contributed by atoms with van der Waals surface area (Å²) in [5.41, 5.74) is 0. The van der Waals surface area contributed by atoms with E-state index in [0.717, 1.165) is 6.54 Å². The molecule has 1 aliphatic rings. The summed E-state index contributed by atoms with van der Waals surface area (Å²) in [7, 11) is 0. The molecule has 0 aliphatic carbocycles. The summed E-state index contributed by atoms with van der Waals surface area (Å²) < 4.78 is 0. The lowest BCUT2D eigenvalue weighted by Crippen LogP contribution is -2.28. The minimum Gasteiger partial charge on any atom is -0.297 e. The number of rotatable bonds is 3. The second kappa shape index (κ2) is 4.69. The molecule has 0 bridgehead atoms. The van der Waals surface area contributed by atoms with Gasteiger partial charge in [-0.1, -0.05) is 0 Å². The summed E-state index contributed by atoms with van der Waals surface area (Å²) >= 11 is 0. The molecule has 3 nitrogen and oxygen atoms in total. The fourth-order valence-corrected chi connectivity index (χ4v) is 1.54. The zero-order valence-electron chi connectivity index (χ0n) is 9.53. The molecule has 0 aromatic rings. The number of aliphatic imine (C=N–C) groups is 1. The lowest BCUT2D eigenvalue weighted by molar-refractivity contribution is -0.118. The summed E-state index contributed by atoms with van der Waals surface area (Å²) in [6, 6.07) is 0.743. The predicted octanol–water partition coefficient (Wildman–Crippen LogP) is 1.37. The zero-order chi connectivity index (χ0) is 10.7. The average Bonchev–Trinajstić information content (AvgIpc) is 2.43. The first-order valence-corrected chi connectivity index (χ1v) is 5.30. The molecular formula is C11H20N2O. The molecule has 1 rings (SSSR count). The van der Waals surface area contributed by atoms with Crippen LogP contribution in [0.2, 0.25) is 0 Å². The van der Waals surface area contributed by atoms with Crippen LogP contribution in [-0.2, 0) is 4.79 Å². The minimum atomic E-state index is 0.0276. The number of nitrogens with zero attached hydrogens (tertiary/aromatic N) is 2. The van der Waals surface area contributed by atoms with E-state index in [0.29, 0.717) is 18.4 Å². The first-order chi connectivity index (χ1) is 6.50. The van der Waals surface area contributed by atoms with Gasteiger partial charge in [0.05, 0.1) is 12.5 Å². The van der Waals surface area contributed by atoms with Gasteiger partial charge in [-0.15, -0.1) is 0 Å². The Morgan fingerprint density at radius 2 is 2.07 bits per heavy atom. The highest BCUT2D eigenvalue weighted by molar-refractivity contribution is 5.98. The number of carbonyl (C=O) groups excluding carboxylic acids is 1. The van der Waals surface area contributed by atoms with Gasteiger partial charge in [-0.2, -0.15) is 0 Å². The number of hydrogen-bond acceptors (Lipinski definition) is 3. The molecule has 3 heteroatoms.